The second-order valence-electron chi connectivity index (χ2n) is 6.76. The van der Waals surface area contributed by atoms with Gasteiger partial charge in [-0.3, -0.25) is 9.48 Å². The minimum atomic E-state index is -0.346. The van der Waals surface area contributed by atoms with Crippen molar-refractivity contribution in [2.45, 2.75) is 6.92 Å². The molecule has 29 heavy (non-hydrogen) atoms. The number of fused-ring (bicyclic) bond motifs is 1. The van der Waals surface area contributed by atoms with Crippen LogP contribution in [0.25, 0.3) is 21.5 Å². The van der Waals surface area contributed by atoms with E-state index in [1.165, 1.54) is 17.4 Å². The van der Waals surface area contributed by atoms with Crippen molar-refractivity contribution in [1.29, 1.82) is 0 Å². The summed E-state index contributed by atoms with van der Waals surface area (Å²) >= 11 is 1.34. The predicted molar refractivity (Wildman–Crippen MR) is 108 cm³/mol. The minimum absolute atomic E-state index is 0.0887. The lowest BCUT2D eigenvalue weighted by Crippen LogP contribution is -2.50. The monoisotopic (exact) mass is 416 g/mol. The first-order chi connectivity index (χ1) is 14.0. The van der Waals surface area contributed by atoms with Crippen LogP contribution in [0.2, 0.25) is 0 Å². The van der Waals surface area contributed by atoms with Crippen molar-refractivity contribution >= 4 is 33.6 Å². The second kappa shape index (κ2) is 7.82. The Morgan fingerprint density at radius 1 is 1.17 bits per heavy atom. The number of carbonyl (C=O) groups excluding carboxylic acids is 2. The predicted octanol–water partition coefficient (Wildman–Crippen LogP) is 3.36. The number of benzene rings is 1. The van der Waals surface area contributed by atoms with E-state index in [0.717, 1.165) is 10.2 Å². The number of ether oxygens (including phenoxy) is 1. The molecule has 1 saturated heterocycles. The lowest BCUT2D eigenvalue weighted by molar-refractivity contribution is 0.0574. The highest BCUT2D eigenvalue weighted by Gasteiger charge is 2.27. The molecular formula is C20H21FN4O3S. The number of halogens is 1. The molecule has 7 nitrogen and oxygen atoms in total. The van der Waals surface area contributed by atoms with Gasteiger partial charge in [-0.05, 0) is 25.1 Å². The largest absolute Gasteiger partial charge is 0.450 e. The van der Waals surface area contributed by atoms with Gasteiger partial charge in [0.1, 0.15) is 16.3 Å². The average Bonchev–Trinajstić information content (AvgIpc) is 3.29. The number of thiophene rings is 1. The number of nitrogens with zero attached hydrogens (tertiary/aromatic N) is 4. The summed E-state index contributed by atoms with van der Waals surface area (Å²) in [6.07, 6.45) is -0.345. The van der Waals surface area contributed by atoms with E-state index in [1.807, 2.05) is 0 Å². The molecule has 3 heterocycles. The molecule has 0 N–H and O–H groups in total. The molecule has 152 valence electrons. The molecule has 0 bridgehead atoms. The van der Waals surface area contributed by atoms with Crippen LogP contribution in [-0.2, 0) is 11.8 Å². The molecule has 4 rings (SSSR count). The van der Waals surface area contributed by atoms with E-state index in [9.17, 15) is 14.0 Å². The summed E-state index contributed by atoms with van der Waals surface area (Å²) in [6.45, 7) is 3.88. The maximum atomic E-state index is 14.3. The van der Waals surface area contributed by atoms with Crippen molar-refractivity contribution < 1.29 is 18.7 Å². The molecule has 1 aromatic carbocycles. The molecule has 0 unspecified atom stereocenters. The quantitative estimate of drug-likeness (QED) is 0.657. The Labute approximate surface area is 171 Å². The number of hydrogen-bond donors (Lipinski definition) is 0. The van der Waals surface area contributed by atoms with Crippen molar-refractivity contribution in [3.05, 3.63) is 41.0 Å². The summed E-state index contributed by atoms with van der Waals surface area (Å²) < 4.78 is 21.0. The fraction of sp³-hybridized carbons (Fsp3) is 0.350. The number of aryl methyl sites for hydroxylation is 1. The zero-order valence-electron chi connectivity index (χ0n) is 16.2. The van der Waals surface area contributed by atoms with Gasteiger partial charge in [-0.1, -0.05) is 12.1 Å². The first-order valence-corrected chi connectivity index (χ1v) is 10.2. The third-order valence-electron chi connectivity index (χ3n) is 4.94. The molecule has 1 aliphatic heterocycles. The molecule has 0 radical (unpaired) electrons. The van der Waals surface area contributed by atoms with E-state index in [-0.39, 0.29) is 17.8 Å². The van der Waals surface area contributed by atoms with E-state index >= 15 is 0 Å². The average molecular weight is 416 g/mol. The van der Waals surface area contributed by atoms with Gasteiger partial charge in [0.2, 0.25) is 0 Å². The number of carbonyl (C=O) groups is 2. The Morgan fingerprint density at radius 2 is 1.86 bits per heavy atom. The van der Waals surface area contributed by atoms with Crippen molar-refractivity contribution in [1.82, 2.24) is 19.6 Å². The molecule has 1 fully saturated rings. The smallest absolute Gasteiger partial charge is 0.409 e. The van der Waals surface area contributed by atoms with Gasteiger partial charge >= 0.3 is 6.09 Å². The van der Waals surface area contributed by atoms with Crippen LogP contribution in [0.1, 0.15) is 16.6 Å². The summed E-state index contributed by atoms with van der Waals surface area (Å²) in [5, 5.41) is 5.21. The van der Waals surface area contributed by atoms with Crippen LogP contribution in [0.3, 0.4) is 0 Å². The van der Waals surface area contributed by atoms with Crippen LogP contribution in [0.4, 0.5) is 9.18 Å². The van der Waals surface area contributed by atoms with Crippen molar-refractivity contribution in [2.24, 2.45) is 7.05 Å². The number of amides is 2. The molecule has 1 aliphatic rings. The Bertz CT molecular complexity index is 1070. The van der Waals surface area contributed by atoms with Crippen molar-refractivity contribution in [3.63, 3.8) is 0 Å². The number of piperazine rings is 1. The third-order valence-corrected chi connectivity index (χ3v) is 6.13. The highest BCUT2D eigenvalue weighted by Crippen LogP contribution is 2.35. The molecule has 0 spiro atoms. The van der Waals surface area contributed by atoms with Gasteiger partial charge in [-0.2, -0.15) is 5.10 Å². The van der Waals surface area contributed by atoms with Crippen LogP contribution in [0, 0.1) is 5.82 Å². The zero-order valence-corrected chi connectivity index (χ0v) is 17.0. The highest BCUT2D eigenvalue weighted by atomic mass is 32.1. The number of rotatable bonds is 3. The molecule has 2 aromatic heterocycles. The van der Waals surface area contributed by atoms with Gasteiger partial charge in [0, 0.05) is 44.2 Å². The van der Waals surface area contributed by atoms with E-state index in [2.05, 4.69) is 5.10 Å². The maximum Gasteiger partial charge on any atom is 0.409 e. The SMILES string of the molecule is CCOC(=O)N1CCN(C(=O)c2cc3c(-c4ccccc4F)nn(C)c3s2)CC1. The molecule has 0 aliphatic carbocycles. The van der Waals surface area contributed by atoms with E-state index in [4.69, 9.17) is 4.74 Å². The van der Waals surface area contributed by atoms with Crippen LogP contribution in [-0.4, -0.2) is 64.4 Å². The van der Waals surface area contributed by atoms with Crippen LogP contribution in [0.15, 0.2) is 30.3 Å². The normalized spacial score (nSPS) is 14.4. The second-order valence-corrected chi connectivity index (χ2v) is 7.79. The summed E-state index contributed by atoms with van der Waals surface area (Å²) in [6, 6.07) is 8.27. The van der Waals surface area contributed by atoms with Crippen LogP contribution >= 0.6 is 11.3 Å². The molecule has 0 atom stereocenters. The van der Waals surface area contributed by atoms with Gasteiger partial charge in [0.05, 0.1) is 11.5 Å². The maximum absolute atomic E-state index is 14.3. The van der Waals surface area contributed by atoms with Gasteiger partial charge in [-0.15, -0.1) is 11.3 Å². The fourth-order valence-electron chi connectivity index (χ4n) is 3.46. The first kappa shape index (κ1) is 19.4. The van der Waals surface area contributed by atoms with Gasteiger partial charge in [0.15, 0.2) is 0 Å². The van der Waals surface area contributed by atoms with Crippen LogP contribution in [0.5, 0.6) is 0 Å². The Kier molecular flexibility index (Phi) is 5.23. The van der Waals surface area contributed by atoms with E-state index in [0.29, 0.717) is 48.9 Å². The Morgan fingerprint density at radius 3 is 2.55 bits per heavy atom. The van der Waals surface area contributed by atoms with Gasteiger partial charge < -0.3 is 14.5 Å². The zero-order chi connectivity index (χ0) is 20.5. The molecule has 3 aromatic rings. The van der Waals surface area contributed by atoms with E-state index in [1.54, 1.807) is 52.7 Å². The lowest BCUT2D eigenvalue weighted by atomic mass is 10.1. The molecule has 2 amide bonds. The topological polar surface area (TPSA) is 67.7 Å². The van der Waals surface area contributed by atoms with Crippen molar-refractivity contribution in [2.75, 3.05) is 32.8 Å². The molecule has 0 saturated carbocycles. The molecular weight excluding hydrogens is 395 g/mol. The highest BCUT2D eigenvalue weighted by molar-refractivity contribution is 7.20. The molecule has 9 heteroatoms. The summed E-state index contributed by atoms with van der Waals surface area (Å²) in [5.74, 6) is -0.434. The number of hydrogen-bond acceptors (Lipinski definition) is 5. The number of aromatic nitrogens is 2. The Hall–Kier alpha value is -2.94. The lowest BCUT2D eigenvalue weighted by Gasteiger charge is -2.33. The first-order valence-electron chi connectivity index (χ1n) is 9.42. The fourth-order valence-corrected chi connectivity index (χ4v) is 4.50. The standard InChI is InChI=1S/C20H21FN4O3S/c1-3-28-20(27)25-10-8-24(9-11-25)18(26)16-12-14-17(22-23(2)19(14)29-16)13-6-4-5-7-15(13)21/h4-7,12H,3,8-11H2,1-2H3. The summed E-state index contributed by atoms with van der Waals surface area (Å²) in [7, 11) is 1.79. The van der Waals surface area contributed by atoms with Crippen LogP contribution < -0.4 is 0 Å². The third kappa shape index (κ3) is 3.57. The van der Waals surface area contributed by atoms with E-state index < -0.39 is 0 Å². The minimum Gasteiger partial charge on any atom is -0.450 e. The Balaban J connectivity index is 1.56. The van der Waals surface area contributed by atoms with Crippen molar-refractivity contribution in [3.8, 4) is 11.3 Å². The van der Waals surface area contributed by atoms with Gasteiger partial charge in [0.25, 0.3) is 5.91 Å². The summed E-state index contributed by atoms with van der Waals surface area (Å²) in [4.78, 5) is 29.6. The van der Waals surface area contributed by atoms with Gasteiger partial charge in [-0.25, -0.2) is 9.18 Å². The summed E-state index contributed by atoms with van der Waals surface area (Å²) in [5.41, 5.74) is 0.945.